The molecule has 5 heteroatoms. The van der Waals surface area contributed by atoms with E-state index < -0.39 is 0 Å². The molecule has 0 aliphatic carbocycles. The van der Waals surface area contributed by atoms with Crippen LogP contribution in [0.15, 0.2) is 59.6 Å². The zero-order chi connectivity index (χ0) is 15.4. The Hall–Kier alpha value is -2.11. The van der Waals surface area contributed by atoms with E-state index in [0.717, 1.165) is 34.9 Å². The maximum Gasteiger partial charge on any atom is 0.243 e. The van der Waals surface area contributed by atoms with E-state index in [1.54, 1.807) is 11.8 Å². The number of thioether (sulfide) groups is 1. The summed E-state index contributed by atoms with van der Waals surface area (Å²) in [5.41, 5.74) is 7.21. The average molecular weight is 312 g/mol. The van der Waals surface area contributed by atoms with Crippen LogP contribution in [0.4, 0.5) is 11.4 Å². The number of benzene rings is 2. The van der Waals surface area contributed by atoms with Gasteiger partial charge in [-0.25, -0.2) is 4.99 Å². The van der Waals surface area contributed by atoms with Crippen LogP contribution in [0, 0.1) is 0 Å². The Morgan fingerprint density at radius 2 is 1.82 bits per heavy atom. The number of amides is 1. The summed E-state index contributed by atoms with van der Waals surface area (Å²) in [4.78, 5) is 17.4. The Labute approximate surface area is 133 Å². The lowest BCUT2D eigenvalue weighted by Crippen LogP contribution is -2.51. The Morgan fingerprint density at radius 3 is 2.59 bits per heavy atom. The van der Waals surface area contributed by atoms with Crippen LogP contribution < -0.4 is 11.1 Å². The normalized spacial score (nSPS) is 17.2. The Morgan fingerprint density at radius 1 is 1.09 bits per heavy atom. The van der Waals surface area contributed by atoms with Gasteiger partial charge in [0.15, 0.2) is 0 Å². The molecule has 0 aromatic heterocycles. The van der Waals surface area contributed by atoms with Gasteiger partial charge in [0.05, 0.1) is 23.6 Å². The summed E-state index contributed by atoms with van der Waals surface area (Å²) in [7, 11) is 0. The largest absolute Gasteiger partial charge is 0.357 e. The highest BCUT2D eigenvalue weighted by atomic mass is 32.2. The third kappa shape index (κ3) is 3.05. The molecule has 0 fully saturated rings. The second kappa shape index (κ2) is 6.77. The molecule has 1 atom stereocenters. The summed E-state index contributed by atoms with van der Waals surface area (Å²) in [6.07, 6.45) is 0. The predicted octanol–water partition coefficient (Wildman–Crippen LogP) is 2.10. The molecule has 0 bridgehead atoms. The summed E-state index contributed by atoms with van der Waals surface area (Å²) >= 11 is 1.59. The number of para-hydroxylation sites is 2. The van der Waals surface area contributed by atoms with Crippen molar-refractivity contribution in [3.8, 4) is 0 Å². The second-order valence-electron chi connectivity index (χ2n) is 4.97. The van der Waals surface area contributed by atoms with E-state index in [1.807, 2.05) is 54.6 Å². The Balaban J connectivity index is 2.09. The molecule has 1 aliphatic rings. The highest BCUT2D eigenvalue weighted by Crippen LogP contribution is 2.31. The van der Waals surface area contributed by atoms with Gasteiger partial charge >= 0.3 is 0 Å². The van der Waals surface area contributed by atoms with E-state index in [0.29, 0.717) is 0 Å². The highest BCUT2D eigenvalue weighted by Gasteiger charge is 2.29. The molecule has 0 radical (unpaired) electrons. The van der Waals surface area contributed by atoms with Gasteiger partial charge in [0, 0.05) is 5.75 Å². The van der Waals surface area contributed by atoms with E-state index in [1.165, 1.54) is 0 Å². The van der Waals surface area contributed by atoms with Crippen molar-refractivity contribution in [2.24, 2.45) is 4.99 Å². The minimum atomic E-state index is -0.323. The maximum absolute atomic E-state index is 12.6. The fourth-order valence-corrected chi connectivity index (χ4v) is 3.33. The quantitative estimate of drug-likeness (QED) is 0.908. The molecule has 4 N–H and O–H groups in total. The van der Waals surface area contributed by atoms with Gasteiger partial charge in [-0.3, -0.25) is 4.79 Å². The molecule has 2 aromatic carbocycles. The topological polar surface area (TPSA) is 69.1 Å². The SMILES string of the molecule is [NH3+]CCS[C@H]1C(=O)Nc2ccccc2N=C1c1ccccc1. The molecule has 4 nitrogen and oxygen atoms in total. The number of hydrogen-bond donors (Lipinski definition) is 2. The lowest BCUT2D eigenvalue weighted by atomic mass is 10.1. The molecule has 112 valence electrons. The van der Waals surface area contributed by atoms with Crippen LogP contribution in [0.25, 0.3) is 0 Å². The molecule has 3 rings (SSSR count). The smallest absolute Gasteiger partial charge is 0.243 e. The monoisotopic (exact) mass is 312 g/mol. The van der Waals surface area contributed by atoms with Crippen LogP contribution in [0.2, 0.25) is 0 Å². The molecule has 1 aliphatic heterocycles. The summed E-state index contributed by atoms with van der Waals surface area (Å²) in [5.74, 6) is 0.798. The summed E-state index contributed by atoms with van der Waals surface area (Å²) in [6, 6.07) is 17.5. The maximum atomic E-state index is 12.6. The summed E-state index contributed by atoms with van der Waals surface area (Å²) in [5, 5.41) is 2.66. The number of fused-ring (bicyclic) bond motifs is 1. The van der Waals surface area contributed by atoms with Crippen LogP contribution in [0.5, 0.6) is 0 Å². The average Bonchev–Trinajstić information content (AvgIpc) is 2.70. The first-order valence-electron chi connectivity index (χ1n) is 7.24. The molecule has 0 spiro atoms. The van der Waals surface area contributed by atoms with Crippen LogP contribution in [0.1, 0.15) is 5.56 Å². The fourth-order valence-electron chi connectivity index (χ4n) is 2.37. The van der Waals surface area contributed by atoms with Crippen molar-refractivity contribution >= 4 is 34.8 Å². The summed E-state index contributed by atoms with van der Waals surface area (Å²) in [6.45, 7) is 0.781. The lowest BCUT2D eigenvalue weighted by Gasteiger charge is -2.15. The molecule has 2 aromatic rings. The molecule has 1 amide bonds. The van der Waals surface area contributed by atoms with Crippen molar-refractivity contribution in [3.05, 3.63) is 60.2 Å². The van der Waals surface area contributed by atoms with Crippen LogP contribution in [-0.2, 0) is 4.79 Å². The van der Waals surface area contributed by atoms with Crippen molar-refractivity contribution in [2.75, 3.05) is 17.6 Å². The second-order valence-corrected chi connectivity index (χ2v) is 6.19. The van der Waals surface area contributed by atoms with Crippen molar-refractivity contribution < 1.29 is 10.5 Å². The van der Waals surface area contributed by atoms with Gasteiger partial charge in [0.25, 0.3) is 0 Å². The van der Waals surface area contributed by atoms with Crippen molar-refractivity contribution in [2.45, 2.75) is 5.25 Å². The highest BCUT2D eigenvalue weighted by molar-refractivity contribution is 8.01. The number of anilines is 1. The van der Waals surface area contributed by atoms with E-state index in [-0.39, 0.29) is 11.2 Å². The molecule has 0 unspecified atom stereocenters. The number of hydrogen-bond acceptors (Lipinski definition) is 3. The van der Waals surface area contributed by atoms with E-state index in [4.69, 9.17) is 4.99 Å². The first-order chi connectivity index (χ1) is 10.8. The molecular weight excluding hydrogens is 294 g/mol. The number of aliphatic imine (C=N–C) groups is 1. The number of nitrogens with one attached hydrogen (secondary N) is 1. The minimum Gasteiger partial charge on any atom is -0.357 e. The van der Waals surface area contributed by atoms with Crippen molar-refractivity contribution in [3.63, 3.8) is 0 Å². The Kier molecular flexibility index (Phi) is 4.56. The predicted molar refractivity (Wildman–Crippen MR) is 91.7 cm³/mol. The molecular formula is C17H18N3OS+. The first-order valence-corrected chi connectivity index (χ1v) is 8.29. The Bertz CT molecular complexity index is 700. The van der Waals surface area contributed by atoms with E-state index in [9.17, 15) is 4.79 Å². The fraction of sp³-hybridized carbons (Fsp3) is 0.176. The van der Waals surface area contributed by atoms with Crippen molar-refractivity contribution in [1.82, 2.24) is 0 Å². The minimum absolute atomic E-state index is 0.0222. The zero-order valence-electron chi connectivity index (χ0n) is 12.2. The number of carbonyl (C=O) groups is 1. The molecule has 0 saturated heterocycles. The third-order valence-corrected chi connectivity index (χ3v) is 4.68. The van der Waals surface area contributed by atoms with E-state index in [2.05, 4.69) is 11.1 Å². The summed E-state index contributed by atoms with van der Waals surface area (Å²) < 4.78 is 0. The van der Waals surface area contributed by atoms with Gasteiger partial charge in [0.1, 0.15) is 5.25 Å². The van der Waals surface area contributed by atoms with Crippen LogP contribution in [0.3, 0.4) is 0 Å². The van der Waals surface area contributed by atoms with Gasteiger partial charge in [-0.15, -0.1) is 11.8 Å². The van der Waals surface area contributed by atoms with Gasteiger partial charge in [-0.05, 0) is 17.7 Å². The number of quaternary nitrogens is 1. The number of rotatable bonds is 4. The van der Waals surface area contributed by atoms with Gasteiger partial charge in [0.2, 0.25) is 5.91 Å². The molecule has 1 heterocycles. The number of nitrogens with zero attached hydrogens (tertiary/aromatic N) is 1. The van der Waals surface area contributed by atoms with Gasteiger partial charge < -0.3 is 11.1 Å². The standard InChI is InChI=1S/C17H17N3OS/c18-10-11-22-16-15(12-6-2-1-3-7-12)19-13-8-4-5-9-14(13)20-17(16)21/h1-9,16H,10-11,18H2,(H,20,21)/p+1/t16-/m1/s1. The molecule has 0 saturated carbocycles. The van der Waals surface area contributed by atoms with E-state index >= 15 is 0 Å². The van der Waals surface area contributed by atoms with Crippen LogP contribution in [-0.4, -0.2) is 29.2 Å². The van der Waals surface area contributed by atoms with Gasteiger partial charge in [-0.1, -0.05) is 42.5 Å². The first kappa shape index (κ1) is 14.8. The van der Waals surface area contributed by atoms with Crippen molar-refractivity contribution in [1.29, 1.82) is 0 Å². The van der Waals surface area contributed by atoms with Crippen LogP contribution >= 0.6 is 11.8 Å². The lowest BCUT2D eigenvalue weighted by molar-refractivity contribution is -0.360. The molecule has 22 heavy (non-hydrogen) atoms. The number of carbonyl (C=O) groups excluding carboxylic acids is 1. The zero-order valence-corrected chi connectivity index (χ0v) is 13.0. The third-order valence-electron chi connectivity index (χ3n) is 3.39. The van der Waals surface area contributed by atoms with Gasteiger partial charge in [-0.2, -0.15) is 0 Å².